The van der Waals surface area contributed by atoms with Gasteiger partial charge in [0.25, 0.3) is 11.6 Å². The molecule has 1 N–H and O–H groups in total. The lowest BCUT2D eigenvalue weighted by Gasteiger charge is -2.12. The zero-order valence-electron chi connectivity index (χ0n) is 13.0. The zero-order chi connectivity index (χ0) is 17.9. The highest BCUT2D eigenvalue weighted by Crippen LogP contribution is 2.19. The third-order valence-electron chi connectivity index (χ3n) is 3.21. The fourth-order valence-corrected chi connectivity index (χ4v) is 2.83. The van der Waals surface area contributed by atoms with Gasteiger partial charge < -0.3 is 5.32 Å². The molecule has 0 aliphatic carbocycles. The van der Waals surface area contributed by atoms with E-state index in [0.29, 0.717) is 5.69 Å². The van der Waals surface area contributed by atoms with Crippen molar-refractivity contribution in [3.05, 3.63) is 64.2 Å². The topological polar surface area (TPSA) is 110 Å². The van der Waals surface area contributed by atoms with E-state index < -0.39 is 20.9 Å². The van der Waals surface area contributed by atoms with Crippen LogP contribution in [0.25, 0.3) is 0 Å². The number of nitro benzene ring substituents is 1. The predicted octanol–water partition coefficient (Wildman–Crippen LogP) is 2.10. The maximum atomic E-state index is 12.1. The van der Waals surface area contributed by atoms with Gasteiger partial charge in [-0.05, 0) is 30.3 Å². The standard InChI is InChI=1S/C15H15N3O5S/c1-17(2)24(22,23)14-5-3-4-12(10-14)16-15(19)11-6-8-13(9-7-11)18(20)21/h3-10H,1-2H3,(H,16,19). The highest BCUT2D eigenvalue weighted by Gasteiger charge is 2.18. The van der Waals surface area contributed by atoms with E-state index in [9.17, 15) is 23.3 Å². The van der Waals surface area contributed by atoms with E-state index in [2.05, 4.69) is 5.32 Å². The van der Waals surface area contributed by atoms with Gasteiger partial charge in [0.1, 0.15) is 0 Å². The number of non-ortho nitro benzene ring substituents is 1. The zero-order valence-corrected chi connectivity index (χ0v) is 13.8. The van der Waals surface area contributed by atoms with Crippen LogP contribution in [0.5, 0.6) is 0 Å². The molecule has 0 aliphatic heterocycles. The smallest absolute Gasteiger partial charge is 0.269 e. The number of anilines is 1. The first-order valence-corrected chi connectivity index (χ1v) is 8.24. The number of nitro groups is 1. The van der Waals surface area contributed by atoms with Crippen molar-refractivity contribution in [2.75, 3.05) is 19.4 Å². The molecule has 0 spiro atoms. The summed E-state index contributed by atoms with van der Waals surface area (Å²) in [7, 11) is -0.780. The van der Waals surface area contributed by atoms with Crippen LogP contribution < -0.4 is 5.32 Å². The van der Waals surface area contributed by atoms with Gasteiger partial charge in [-0.15, -0.1) is 0 Å². The Morgan fingerprint density at radius 1 is 1.12 bits per heavy atom. The largest absolute Gasteiger partial charge is 0.322 e. The van der Waals surface area contributed by atoms with E-state index in [0.717, 1.165) is 4.31 Å². The number of carbonyl (C=O) groups excluding carboxylic acids is 1. The number of nitrogens with one attached hydrogen (secondary N) is 1. The van der Waals surface area contributed by atoms with Gasteiger partial charge in [-0.2, -0.15) is 0 Å². The molecule has 0 unspecified atom stereocenters. The molecule has 0 aliphatic rings. The van der Waals surface area contributed by atoms with Crippen molar-refractivity contribution in [3.63, 3.8) is 0 Å². The second kappa shape index (κ2) is 6.77. The van der Waals surface area contributed by atoms with Gasteiger partial charge in [0.15, 0.2) is 0 Å². The average Bonchev–Trinajstić information content (AvgIpc) is 2.55. The second-order valence-electron chi connectivity index (χ2n) is 5.07. The van der Waals surface area contributed by atoms with Crippen LogP contribution in [0.4, 0.5) is 11.4 Å². The Hall–Kier alpha value is -2.78. The molecule has 8 nitrogen and oxygen atoms in total. The van der Waals surface area contributed by atoms with Crippen molar-refractivity contribution in [2.24, 2.45) is 0 Å². The van der Waals surface area contributed by atoms with Gasteiger partial charge in [0.2, 0.25) is 10.0 Å². The van der Waals surface area contributed by atoms with E-state index in [4.69, 9.17) is 0 Å². The summed E-state index contributed by atoms with van der Waals surface area (Å²) in [5, 5.41) is 13.2. The summed E-state index contributed by atoms with van der Waals surface area (Å²) in [4.78, 5) is 22.2. The lowest BCUT2D eigenvalue weighted by atomic mass is 10.2. The van der Waals surface area contributed by atoms with Crippen molar-refractivity contribution in [2.45, 2.75) is 4.90 Å². The van der Waals surface area contributed by atoms with Crippen LogP contribution >= 0.6 is 0 Å². The fraction of sp³-hybridized carbons (Fsp3) is 0.133. The molecule has 2 aromatic rings. The maximum Gasteiger partial charge on any atom is 0.269 e. The van der Waals surface area contributed by atoms with Crippen LogP contribution in [-0.4, -0.2) is 37.6 Å². The van der Waals surface area contributed by atoms with Crippen molar-refractivity contribution in [1.29, 1.82) is 0 Å². The van der Waals surface area contributed by atoms with Gasteiger partial charge in [-0.25, -0.2) is 12.7 Å². The summed E-state index contributed by atoms with van der Waals surface area (Å²) in [6.45, 7) is 0. The maximum absolute atomic E-state index is 12.1. The normalized spacial score (nSPS) is 11.3. The number of rotatable bonds is 5. The molecule has 2 rings (SSSR count). The number of benzene rings is 2. The summed E-state index contributed by atoms with van der Waals surface area (Å²) in [6.07, 6.45) is 0. The molecule has 24 heavy (non-hydrogen) atoms. The molecule has 2 aromatic carbocycles. The number of sulfonamides is 1. The number of hydrogen-bond acceptors (Lipinski definition) is 5. The Morgan fingerprint density at radius 3 is 2.29 bits per heavy atom. The molecular formula is C15H15N3O5S. The summed E-state index contributed by atoms with van der Waals surface area (Å²) < 4.78 is 25.3. The molecule has 0 radical (unpaired) electrons. The molecular weight excluding hydrogens is 334 g/mol. The summed E-state index contributed by atoms with van der Waals surface area (Å²) in [5.74, 6) is -0.496. The second-order valence-corrected chi connectivity index (χ2v) is 7.23. The van der Waals surface area contributed by atoms with E-state index in [1.165, 1.54) is 56.6 Å². The fourth-order valence-electron chi connectivity index (χ4n) is 1.88. The molecule has 0 saturated heterocycles. The molecule has 0 heterocycles. The van der Waals surface area contributed by atoms with E-state index in [1.54, 1.807) is 6.07 Å². The SMILES string of the molecule is CN(C)S(=O)(=O)c1cccc(NC(=O)c2ccc([N+](=O)[O-])cc2)c1. The minimum Gasteiger partial charge on any atom is -0.322 e. The summed E-state index contributed by atoms with van der Waals surface area (Å²) >= 11 is 0. The van der Waals surface area contributed by atoms with Crippen LogP contribution in [0.15, 0.2) is 53.4 Å². The first kappa shape index (κ1) is 17.6. The van der Waals surface area contributed by atoms with Gasteiger partial charge in [-0.3, -0.25) is 14.9 Å². The first-order valence-electron chi connectivity index (χ1n) is 6.80. The highest BCUT2D eigenvalue weighted by atomic mass is 32.2. The van der Waals surface area contributed by atoms with Gasteiger partial charge in [0.05, 0.1) is 9.82 Å². The third-order valence-corrected chi connectivity index (χ3v) is 5.02. The number of nitrogens with zero attached hydrogens (tertiary/aromatic N) is 2. The van der Waals surface area contributed by atoms with Crippen LogP contribution in [0.3, 0.4) is 0 Å². The first-order chi connectivity index (χ1) is 11.2. The Labute approximate surface area is 138 Å². The average molecular weight is 349 g/mol. The summed E-state index contributed by atoms with van der Waals surface area (Å²) in [6, 6.07) is 10.9. The quantitative estimate of drug-likeness (QED) is 0.656. The molecule has 0 bridgehead atoms. The number of amides is 1. The number of hydrogen-bond donors (Lipinski definition) is 1. The Morgan fingerprint density at radius 2 is 1.75 bits per heavy atom. The molecule has 0 saturated carbocycles. The molecule has 1 amide bonds. The Balaban J connectivity index is 2.22. The monoisotopic (exact) mass is 349 g/mol. The van der Waals surface area contributed by atoms with Crippen LogP contribution in [0.2, 0.25) is 0 Å². The van der Waals surface area contributed by atoms with E-state index in [1.807, 2.05) is 0 Å². The van der Waals surface area contributed by atoms with Crippen molar-refractivity contribution < 1.29 is 18.1 Å². The van der Waals surface area contributed by atoms with Crippen molar-refractivity contribution >= 4 is 27.3 Å². The van der Waals surface area contributed by atoms with Crippen LogP contribution in [0, 0.1) is 10.1 Å². The molecule has 9 heteroatoms. The number of carbonyl (C=O) groups is 1. The molecule has 0 aromatic heterocycles. The van der Waals surface area contributed by atoms with Crippen LogP contribution in [-0.2, 0) is 10.0 Å². The Bertz CT molecular complexity index is 876. The molecule has 0 fully saturated rings. The highest BCUT2D eigenvalue weighted by molar-refractivity contribution is 7.89. The van der Waals surface area contributed by atoms with Gasteiger partial charge in [0, 0.05) is 37.5 Å². The third kappa shape index (κ3) is 3.76. The Kier molecular flexibility index (Phi) is 4.96. The predicted molar refractivity (Wildman–Crippen MR) is 88.4 cm³/mol. The van der Waals surface area contributed by atoms with Gasteiger partial charge in [-0.1, -0.05) is 6.07 Å². The lowest BCUT2D eigenvalue weighted by Crippen LogP contribution is -2.22. The van der Waals surface area contributed by atoms with E-state index in [-0.39, 0.29) is 16.1 Å². The van der Waals surface area contributed by atoms with Gasteiger partial charge >= 0.3 is 0 Å². The molecule has 0 atom stereocenters. The van der Waals surface area contributed by atoms with Crippen molar-refractivity contribution in [3.8, 4) is 0 Å². The molecule has 126 valence electrons. The van der Waals surface area contributed by atoms with Crippen LogP contribution in [0.1, 0.15) is 10.4 Å². The van der Waals surface area contributed by atoms with E-state index >= 15 is 0 Å². The summed E-state index contributed by atoms with van der Waals surface area (Å²) in [5.41, 5.74) is 0.411. The van der Waals surface area contributed by atoms with Crippen molar-refractivity contribution in [1.82, 2.24) is 4.31 Å². The lowest BCUT2D eigenvalue weighted by molar-refractivity contribution is -0.384. The minimum atomic E-state index is -3.61. The minimum absolute atomic E-state index is 0.0500.